The van der Waals surface area contributed by atoms with E-state index in [1.807, 2.05) is 0 Å². The van der Waals surface area contributed by atoms with Gasteiger partial charge in [0.1, 0.15) is 12.1 Å². The maximum atomic E-state index is 12.8. The molecule has 2 N–H and O–H groups in total. The predicted molar refractivity (Wildman–Crippen MR) is 120 cm³/mol. The van der Waals surface area contributed by atoms with Gasteiger partial charge in [0.15, 0.2) is 16.0 Å². The highest BCUT2D eigenvalue weighted by Crippen LogP contribution is 2.22. The van der Waals surface area contributed by atoms with Gasteiger partial charge in [-0.25, -0.2) is 13.6 Å². The lowest BCUT2D eigenvalue weighted by atomic mass is 10.2. The molecule has 2 aromatic carbocycles. The van der Waals surface area contributed by atoms with Crippen LogP contribution in [0.15, 0.2) is 67.6 Å². The van der Waals surface area contributed by atoms with Gasteiger partial charge in [-0.1, -0.05) is 23.5 Å². The highest BCUT2D eigenvalue weighted by atomic mass is 32.2. The van der Waals surface area contributed by atoms with E-state index < -0.39 is 27.3 Å². The number of aromatic nitrogens is 1. The van der Waals surface area contributed by atoms with E-state index in [-0.39, 0.29) is 34.2 Å². The lowest BCUT2D eigenvalue weighted by Gasteiger charge is -2.05. The summed E-state index contributed by atoms with van der Waals surface area (Å²) in [5.74, 6) is -1.68. The molecular weight excluding hydrogens is 470 g/mol. The van der Waals surface area contributed by atoms with Crippen molar-refractivity contribution in [3.05, 3.63) is 69.3 Å². The Bertz CT molecular complexity index is 1650. The minimum atomic E-state index is -3.96. The van der Waals surface area contributed by atoms with Crippen LogP contribution in [0.4, 0.5) is 0 Å². The second-order valence-corrected chi connectivity index (χ2v) is 9.41. The lowest BCUT2D eigenvalue weighted by Crippen LogP contribution is -2.23. The third-order valence-electron chi connectivity index (χ3n) is 4.62. The van der Waals surface area contributed by atoms with Gasteiger partial charge in [-0.15, -0.1) is 0 Å². The normalized spacial score (nSPS) is 12.4. The molecule has 0 fully saturated rings. The van der Waals surface area contributed by atoms with Crippen LogP contribution in [0, 0.1) is 0 Å². The third kappa shape index (κ3) is 4.62. The number of fused-ring (bicyclic) bond motifs is 2. The molecule has 1 amide bonds. The summed E-state index contributed by atoms with van der Waals surface area (Å²) in [4.78, 5) is 41.3. The Hall–Kier alpha value is -3.61. The number of nitrogens with zero attached hydrogens (tertiary/aromatic N) is 2. The van der Waals surface area contributed by atoms with E-state index in [1.165, 1.54) is 22.8 Å². The monoisotopic (exact) mass is 487 g/mol. The topological polar surface area (TPSA) is 151 Å². The van der Waals surface area contributed by atoms with Crippen molar-refractivity contribution >= 4 is 54.4 Å². The number of carbonyl (C=O) groups is 2. The summed E-state index contributed by atoms with van der Waals surface area (Å²) < 4.78 is 35.8. The van der Waals surface area contributed by atoms with E-state index in [2.05, 4.69) is 4.99 Å². The molecule has 2 aromatic heterocycles. The van der Waals surface area contributed by atoms with Gasteiger partial charge in [0.2, 0.25) is 10.0 Å². The molecule has 2 heterocycles. The van der Waals surface area contributed by atoms with Crippen LogP contribution < -0.4 is 15.4 Å². The number of primary sulfonamides is 1. The van der Waals surface area contributed by atoms with Crippen molar-refractivity contribution in [3.8, 4) is 0 Å². The number of rotatable bonds is 5. The van der Waals surface area contributed by atoms with Gasteiger partial charge in [-0.3, -0.25) is 14.4 Å². The zero-order valence-corrected chi connectivity index (χ0v) is 18.8. The molecule has 10 nitrogen and oxygen atoms in total. The summed E-state index contributed by atoms with van der Waals surface area (Å²) >= 11 is 0.973. The molecule has 12 heteroatoms. The molecule has 4 aromatic rings. The predicted octanol–water partition coefficient (Wildman–Crippen LogP) is 1.76. The largest absolute Gasteiger partial charge is 0.465 e. The quantitative estimate of drug-likeness (QED) is 0.421. The molecule has 0 atom stereocenters. The molecule has 0 spiro atoms. The number of thiazole rings is 1. The third-order valence-corrected chi connectivity index (χ3v) is 6.57. The van der Waals surface area contributed by atoms with Crippen LogP contribution >= 0.6 is 11.3 Å². The number of hydrogen-bond acceptors (Lipinski definition) is 8. The molecule has 0 saturated heterocycles. The standard InChI is InChI=1S/C21H17N3O7S2/c1-2-30-19(26)11-24-14-8-7-12(33(22,28)29)9-18(14)32-21(24)23-20(27)17-10-15(25)13-5-3-4-6-16(13)31-17/h3-10H,2,11H2,1H3,(H2,22,28,29). The first kappa shape index (κ1) is 22.6. The number of hydrogen-bond donors (Lipinski definition) is 1. The molecular formula is C21H17N3O7S2. The van der Waals surface area contributed by atoms with Crippen LogP contribution in [0.5, 0.6) is 0 Å². The fourth-order valence-electron chi connectivity index (χ4n) is 3.16. The SMILES string of the molecule is CCOC(=O)Cn1c(=NC(=O)c2cc(=O)c3ccccc3o2)sc2cc(S(N)(=O)=O)ccc21. The molecule has 33 heavy (non-hydrogen) atoms. The highest BCUT2D eigenvalue weighted by molar-refractivity contribution is 7.89. The summed E-state index contributed by atoms with van der Waals surface area (Å²) in [5, 5.41) is 5.53. The van der Waals surface area contributed by atoms with Crippen LogP contribution in [0.2, 0.25) is 0 Å². The Balaban J connectivity index is 1.88. The van der Waals surface area contributed by atoms with E-state index in [1.54, 1.807) is 31.2 Å². The van der Waals surface area contributed by atoms with Gasteiger partial charge in [0.25, 0.3) is 0 Å². The molecule has 0 aliphatic carbocycles. The Morgan fingerprint density at radius 1 is 1.18 bits per heavy atom. The van der Waals surface area contributed by atoms with Crippen molar-refractivity contribution in [2.24, 2.45) is 10.1 Å². The van der Waals surface area contributed by atoms with Crippen LogP contribution in [0.3, 0.4) is 0 Å². The number of ether oxygens (including phenoxy) is 1. The molecule has 0 aliphatic rings. The molecule has 0 unspecified atom stereocenters. The van der Waals surface area contributed by atoms with Gasteiger partial charge in [-0.05, 0) is 37.3 Å². The number of nitrogens with two attached hydrogens (primary N) is 1. The molecule has 0 bridgehead atoms. The number of sulfonamides is 1. The van der Waals surface area contributed by atoms with Gasteiger partial charge in [0.05, 0.1) is 27.1 Å². The number of esters is 1. The van der Waals surface area contributed by atoms with Crippen LogP contribution in [-0.2, 0) is 26.1 Å². The van der Waals surface area contributed by atoms with Crippen molar-refractivity contribution in [1.82, 2.24) is 4.57 Å². The number of amides is 1. The van der Waals surface area contributed by atoms with Crippen molar-refractivity contribution < 1.29 is 27.2 Å². The van der Waals surface area contributed by atoms with Gasteiger partial charge in [-0.2, -0.15) is 4.99 Å². The van der Waals surface area contributed by atoms with Gasteiger partial charge < -0.3 is 13.7 Å². The summed E-state index contributed by atoms with van der Waals surface area (Å²) in [5.41, 5.74) is 0.285. The Morgan fingerprint density at radius 3 is 2.67 bits per heavy atom. The van der Waals surface area contributed by atoms with E-state index in [4.69, 9.17) is 14.3 Å². The maximum Gasteiger partial charge on any atom is 0.326 e. The fourth-order valence-corrected chi connectivity index (χ4v) is 4.84. The molecule has 170 valence electrons. The molecule has 0 aliphatic heterocycles. The molecule has 0 radical (unpaired) electrons. The summed E-state index contributed by atoms with van der Waals surface area (Å²) in [6, 6.07) is 11.6. The maximum absolute atomic E-state index is 12.8. The van der Waals surface area contributed by atoms with E-state index in [0.29, 0.717) is 15.6 Å². The first-order chi connectivity index (χ1) is 15.7. The smallest absolute Gasteiger partial charge is 0.326 e. The fraction of sp³-hybridized carbons (Fsp3) is 0.143. The van der Waals surface area contributed by atoms with E-state index in [0.717, 1.165) is 17.4 Å². The van der Waals surface area contributed by atoms with Gasteiger partial charge >= 0.3 is 11.9 Å². The number of benzene rings is 2. The zero-order chi connectivity index (χ0) is 23.8. The van der Waals surface area contributed by atoms with Crippen molar-refractivity contribution in [2.45, 2.75) is 18.4 Å². The van der Waals surface area contributed by atoms with Crippen LogP contribution in [-0.4, -0.2) is 31.5 Å². The second kappa shape index (κ2) is 8.73. The lowest BCUT2D eigenvalue weighted by molar-refractivity contribution is -0.143. The summed E-state index contributed by atoms with van der Waals surface area (Å²) in [6.45, 7) is 1.55. The van der Waals surface area contributed by atoms with Crippen molar-refractivity contribution in [3.63, 3.8) is 0 Å². The number of para-hydroxylation sites is 1. The average molecular weight is 488 g/mol. The minimum absolute atomic E-state index is 0.0884. The first-order valence-electron chi connectivity index (χ1n) is 9.61. The Kier molecular flexibility index (Phi) is 5.97. The van der Waals surface area contributed by atoms with E-state index >= 15 is 0 Å². The molecule has 4 rings (SSSR count). The van der Waals surface area contributed by atoms with E-state index in [9.17, 15) is 22.8 Å². The average Bonchev–Trinajstić information content (AvgIpc) is 3.09. The summed E-state index contributed by atoms with van der Waals surface area (Å²) in [6.07, 6.45) is 0. The Labute approximate surface area is 190 Å². The minimum Gasteiger partial charge on any atom is -0.465 e. The zero-order valence-electron chi connectivity index (χ0n) is 17.2. The van der Waals surface area contributed by atoms with Crippen LogP contribution in [0.25, 0.3) is 21.2 Å². The Morgan fingerprint density at radius 2 is 1.94 bits per heavy atom. The first-order valence-corrected chi connectivity index (χ1v) is 12.0. The van der Waals surface area contributed by atoms with Crippen LogP contribution in [0.1, 0.15) is 17.5 Å². The van der Waals surface area contributed by atoms with Crippen molar-refractivity contribution in [2.75, 3.05) is 6.61 Å². The second-order valence-electron chi connectivity index (χ2n) is 6.84. The molecule has 0 saturated carbocycles. The summed E-state index contributed by atoms with van der Waals surface area (Å²) in [7, 11) is -3.96. The van der Waals surface area contributed by atoms with Crippen molar-refractivity contribution in [1.29, 1.82) is 0 Å². The highest BCUT2D eigenvalue weighted by Gasteiger charge is 2.17. The van der Waals surface area contributed by atoms with Gasteiger partial charge in [0, 0.05) is 6.07 Å². The number of carbonyl (C=O) groups excluding carboxylic acids is 2.